The first-order chi connectivity index (χ1) is 15.4. The average Bonchev–Trinajstić information content (AvgIpc) is 3.39. The molecule has 4 rings (SSSR count). The summed E-state index contributed by atoms with van der Waals surface area (Å²) >= 11 is 24.0. The number of nitrogens with one attached hydrogen (secondary N) is 1. The van der Waals surface area contributed by atoms with Crippen molar-refractivity contribution in [3.05, 3.63) is 86.3 Å². The smallest absolute Gasteiger partial charge is 0.278 e. The molecule has 32 heavy (non-hydrogen) atoms. The number of rotatable bonds is 7. The predicted octanol–water partition coefficient (Wildman–Crippen LogP) is 5.43. The fourth-order valence-corrected chi connectivity index (χ4v) is 3.63. The first kappa shape index (κ1) is 22.4. The molecule has 0 aliphatic rings. The molecule has 0 atom stereocenters. The second kappa shape index (κ2) is 9.79. The van der Waals surface area contributed by atoms with Gasteiger partial charge in [-0.1, -0.05) is 52.5 Å². The number of nitrogens with zero attached hydrogens (tertiary/aromatic N) is 5. The fourth-order valence-electron chi connectivity index (χ4n) is 2.70. The summed E-state index contributed by atoms with van der Waals surface area (Å²) in [7, 11) is 0. The molecule has 0 radical (unpaired) electrons. The van der Waals surface area contributed by atoms with Crippen molar-refractivity contribution in [3.8, 4) is 5.75 Å². The summed E-state index contributed by atoms with van der Waals surface area (Å²) in [5, 5.41) is 13.0. The van der Waals surface area contributed by atoms with Gasteiger partial charge < -0.3 is 4.74 Å². The summed E-state index contributed by atoms with van der Waals surface area (Å²) in [6.45, 7) is 0.432. The van der Waals surface area contributed by atoms with Gasteiger partial charge in [0.05, 0.1) is 11.6 Å². The number of hydrogen-bond acceptors (Lipinski definition) is 5. The third-order valence-electron chi connectivity index (χ3n) is 4.23. The zero-order valence-electron chi connectivity index (χ0n) is 16.2. The molecule has 0 unspecified atom stereocenters. The number of ether oxygens (including phenoxy) is 1. The lowest BCUT2D eigenvalue weighted by Crippen LogP contribution is -2.15. The Kier molecular flexibility index (Phi) is 6.86. The second-order valence-electron chi connectivity index (χ2n) is 6.54. The van der Waals surface area contributed by atoms with Crippen LogP contribution in [0.2, 0.25) is 20.1 Å². The molecule has 1 N–H and O–H groups in total. The van der Waals surface area contributed by atoms with Crippen molar-refractivity contribution in [1.82, 2.24) is 24.5 Å². The van der Waals surface area contributed by atoms with Crippen molar-refractivity contribution in [2.45, 2.75) is 13.3 Å². The standard InChI is InChI=1S/C20H14Cl4N6O2/c21-13-2-1-12(15(23)7-13)9-30-10-25-20(28-30)26-19(31)17-5-6-29(27-17)11-32-18-4-3-14(22)8-16(18)24/h1-8,10H,9,11H2,(H,26,28,31). The maximum Gasteiger partial charge on any atom is 0.278 e. The third kappa shape index (κ3) is 5.52. The van der Waals surface area contributed by atoms with Crippen LogP contribution in [-0.4, -0.2) is 30.5 Å². The van der Waals surface area contributed by atoms with E-state index in [0.717, 1.165) is 5.56 Å². The number of carbonyl (C=O) groups excluding carboxylic acids is 1. The second-order valence-corrected chi connectivity index (χ2v) is 8.23. The van der Waals surface area contributed by atoms with E-state index in [4.69, 9.17) is 51.1 Å². The lowest BCUT2D eigenvalue weighted by molar-refractivity contribution is 0.101. The number of hydrogen-bond donors (Lipinski definition) is 1. The average molecular weight is 512 g/mol. The topological polar surface area (TPSA) is 86.9 Å². The minimum atomic E-state index is -0.462. The summed E-state index contributed by atoms with van der Waals surface area (Å²) in [5.74, 6) is 0.127. The van der Waals surface area contributed by atoms with Gasteiger partial charge in [0.15, 0.2) is 12.4 Å². The highest BCUT2D eigenvalue weighted by molar-refractivity contribution is 6.35. The van der Waals surface area contributed by atoms with Crippen LogP contribution < -0.4 is 10.1 Å². The molecule has 0 aliphatic heterocycles. The number of anilines is 1. The van der Waals surface area contributed by atoms with Crippen LogP contribution in [0.4, 0.5) is 5.95 Å². The number of halogens is 4. The molecule has 0 fully saturated rings. The predicted molar refractivity (Wildman–Crippen MR) is 123 cm³/mol. The van der Waals surface area contributed by atoms with Gasteiger partial charge in [-0.2, -0.15) is 5.10 Å². The molecule has 0 aliphatic carbocycles. The quantitative estimate of drug-likeness (QED) is 0.357. The lowest BCUT2D eigenvalue weighted by atomic mass is 10.2. The van der Waals surface area contributed by atoms with Gasteiger partial charge in [-0.25, -0.2) is 14.3 Å². The molecule has 164 valence electrons. The maximum absolute atomic E-state index is 12.5. The first-order valence-electron chi connectivity index (χ1n) is 9.13. The molecule has 8 nitrogen and oxygen atoms in total. The van der Waals surface area contributed by atoms with Crippen LogP contribution in [0.1, 0.15) is 16.1 Å². The first-order valence-corrected chi connectivity index (χ1v) is 10.6. The zero-order valence-corrected chi connectivity index (χ0v) is 19.2. The van der Waals surface area contributed by atoms with Crippen LogP contribution in [0.3, 0.4) is 0 Å². The van der Waals surface area contributed by atoms with Crippen LogP contribution in [0, 0.1) is 0 Å². The van der Waals surface area contributed by atoms with E-state index >= 15 is 0 Å². The molecular weight excluding hydrogens is 498 g/mol. The van der Waals surface area contributed by atoms with E-state index in [0.29, 0.717) is 32.4 Å². The van der Waals surface area contributed by atoms with Crippen molar-refractivity contribution in [1.29, 1.82) is 0 Å². The van der Waals surface area contributed by atoms with Crippen molar-refractivity contribution in [2.75, 3.05) is 5.32 Å². The summed E-state index contributed by atoms with van der Waals surface area (Å²) in [5.41, 5.74) is 0.992. The highest BCUT2D eigenvalue weighted by Crippen LogP contribution is 2.27. The van der Waals surface area contributed by atoms with Crippen LogP contribution >= 0.6 is 46.4 Å². The van der Waals surface area contributed by atoms with E-state index in [2.05, 4.69) is 20.5 Å². The summed E-state index contributed by atoms with van der Waals surface area (Å²) < 4.78 is 8.60. The monoisotopic (exact) mass is 510 g/mol. The van der Waals surface area contributed by atoms with Crippen molar-refractivity contribution in [3.63, 3.8) is 0 Å². The molecule has 12 heteroatoms. The number of benzene rings is 2. The molecular formula is C20H14Cl4N6O2. The molecule has 0 saturated carbocycles. The number of carbonyl (C=O) groups is 1. The molecule has 4 aromatic rings. The van der Waals surface area contributed by atoms with E-state index < -0.39 is 5.91 Å². The largest absolute Gasteiger partial charge is 0.470 e. The Morgan fingerprint density at radius 1 is 0.938 bits per heavy atom. The molecule has 0 bridgehead atoms. The summed E-state index contributed by atoms with van der Waals surface area (Å²) in [4.78, 5) is 16.6. The number of aromatic nitrogens is 5. The van der Waals surface area contributed by atoms with Gasteiger partial charge in [0, 0.05) is 21.3 Å². The Labute approximate surface area is 202 Å². The van der Waals surface area contributed by atoms with Gasteiger partial charge in [-0.15, -0.1) is 5.10 Å². The Bertz CT molecular complexity index is 1270. The van der Waals surface area contributed by atoms with E-state index in [1.807, 2.05) is 0 Å². The minimum absolute atomic E-state index is 0.0589. The Hall–Kier alpha value is -2.78. The maximum atomic E-state index is 12.5. The van der Waals surface area contributed by atoms with Crippen LogP contribution in [0.5, 0.6) is 5.75 Å². The zero-order chi connectivity index (χ0) is 22.7. The van der Waals surface area contributed by atoms with Crippen LogP contribution in [0.15, 0.2) is 55.0 Å². The van der Waals surface area contributed by atoms with Gasteiger partial charge in [-0.3, -0.25) is 10.1 Å². The molecule has 1 amide bonds. The minimum Gasteiger partial charge on any atom is -0.470 e. The Morgan fingerprint density at radius 3 is 2.44 bits per heavy atom. The fraction of sp³-hybridized carbons (Fsp3) is 0.100. The Morgan fingerprint density at radius 2 is 1.69 bits per heavy atom. The highest BCUT2D eigenvalue weighted by atomic mass is 35.5. The van der Waals surface area contributed by atoms with E-state index in [-0.39, 0.29) is 18.4 Å². The van der Waals surface area contributed by atoms with Gasteiger partial charge in [0.25, 0.3) is 5.91 Å². The van der Waals surface area contributed by atoms with Crippen molar-refractivity contribution < 1.29 is 9.53 Å². The van der Waals surface area contributed by atoms with Gasteiger partial charge >= 0.3 is 0 Å². The van der Waals surface area contributed by atoms with Crippen molar-refractivity contribution >= 4 is 58.3 Å². The van der Waals surface area contributed by atoms with Crippen LogP contribution in [-0.2, 0) is 13.3 Å². The van der Waals surface area contributed by atoms with E-state index in [9.17, 15) is 4.79 Å². The van der Waals surface area contributed by atoms with Gasteiger partial charge in [0.2, 0.25) is 5.95 Å². The molecule has 2 aromatic heterocycles. The Balaban J connectivity index is 1.35. The lowest BCUT2D eigenvalue weighted by Gasteiger charge is -2.08. The van der Waals surface area contributed by atoms with E-state index in [1.165, 1.54) is 11.0 Å². The summed E-state index contributed by atoms with van der Waals surface area (Å²) in [6.07, 6.45) is 3.09. The van der Waals surface area contributed by atoms with E-state index in [1.54, 1.807) is 53.3 Å². The third-order valence-corrected chi connectivity index (χ3v) is 5.35. The van der Waals surface area contributed by atoms with Crippen molar-refractivity contribution in [2.24, 2.45) is 0 Å². The molecule has 0 spiro atoms. The molecule has 0 saturated heterocycles. The van der Waals surface area contributed by atoms with Crippen LogP contribution in [0.25, 0.3) is 0 Å². The van der Waals surface area contributed by atoms with Gasteiger partial charge in [-0.05, 0) is 42.0 Å². The summed E-state index contributed by atoms with van der Waals surface area (Å²) in [6, 6.07) is 11.6. The highest BCUT2D eigenvalue weighted by Gasteiger charge is 2.13. The van der Waals surface area contributed by atoms with Gasteiger partial charge in [0.1, 0.15) is 12.1 Å². The SMILES string of the molecule is O=C(Nc1ncn(Cc2ccc(Cl)cc2Cl)n1)c1ccn(COc2ccc(Cl)cc2Cl)n1. The number of amides is 1. The normalized spacial score (nSPS) is 10.9. The molecule has 2 heterocycles. The molecule has 2 aromatic carbocycles.